The minimum atomic E-state index is -1.01. The lowest BCUT2D eigenvalue weighted by Crippen LogP contribution is -2.02. The lowest BCUT2D eigenvalue weighted by molar-refractivity contribution is 0.0693. The topological polar surface area (TPSA) is 72.5 Å². The second-order valence-electron chi connectivity index (χ2n) is 2.83. The number of carboxylic acids is 1. The van der Waals surface area contributed by atoms with E-state index in [1.807, 2.05) is 20.8 Å². The molecule has 0 aliphatic rings. The molecule has 17 heavy (non-hydrogen) atoms. The van der Waals surface area contributed by atoms with Gasteiger partial charge in [-0.25, -0.2) is 4.79 Å². The summed E-state index contributed by atoms with van der Waals surface area (Å²) in [6.07, 6.45) is 0. The summed E-state index contributed by atoms with van der Waals surface area (Å²) in [6, 6.07) is 3.09. The summed E-state index contributed by atoms with van der Waals surface area (Å²) >= 11 is 1.51. The fourth-order valence-electron chi connectivity index (χ4n) is 1.19. The van der Waals surface area contributed by atoms with E-state index in [9.17, 15) is 4.79 Å². The van der Waals surface area contributed by atoms with E-state index >= 15 is 0 Å². The summed E-state index contributed by atoms with van der Waals surface area (Å²) < 4.78 is 4.95. The number of aromatic carboxylic acids is 1. The van der Waals surface area contributed by atoms with Crippen molar-refractivity contribution in [3.8, 4) is 5.75 Å². The van der Waals surface area contributed by atoms with E-state index in [0.717, 1.165) is 10.6 Å². The van der Waals surface area contributed by atoms with E-state index in [2.05, 4.69) is 0 Å². The molecule has 0 atom stereocenters. The minimum absolute atomic E-state index is 0.141. The van der Waals surface area contributed by atoms with E-state index in [-0.39, 0.29) is 5.56 Å². The standard InChI is InChI=1S/C10H13NO3S.C2H6/c1-3-15-9-4-6(10(12)13)8(14-2)5-7(9)11;1-2/h4-5H,3,11H2,1-2H3,(H,12,13);1-2H3. The molecule has 0 fully saturated rings. The van der Waals surface area contributed by atoms with Crippen LogP contribution in [0.4, 0.5) is 5.69 Å². The number of carboxylic acid groups (broad SMARTS) is 1. The van der Waals surface area contributed by atoms with Crippen molar-refractivity contribution in [3.05, 3.63) is 17.7 Å². The molecule has 96 valence electrons. The van der Waals surface area contributed by atoms with E-state index in [0.29, 0.717) is 11.4 Å². The molecule has 0 unspecified atom stereocenters. The average molecular weight is 257 g/mol. The highest BCUT2D eigenvalue weighted by atomic mass is 32.2. The Morgan fingerprint density at radius 2 is 2.06 bits per heavy atom. The zero-order valence-electron chi connectivity index (χ0n) is 10.6. The van der Waals surface area contributed by atoms with Crippen molar-refractivity contribution in [3.63, 3.8) is 0 Å². The molecule has 0 saturated heterocycles. The zero-order valence-corrected chi connectivity index (χ0v) is 11.4. The highest BCUT2D eigenvalue weighted by Crippen LogP contribution is 2.31. The second kappa shape index (κ2) is 7.84. The second-order valence-corrected chi connectivity index (χ2v) is 4.13. The Morgan fingerprint density at radius 1 is 1.47 bits per heavy atom. The van der Waals surface area contributed by atoms with Crippen LogP contribution in [-0.4, -0.2) is 23.9 Å². The first-order valence-corrected chi connectivity index (χ1v) is 6.42. The van der Waals surface area contributed by atoms with E-state index in [4.69, 9.17) is 15.6 Å². The van der Waals surface area contributed by atoms with Crippen molar-refractivity contribution in [1.82, 2.24) is 0 Å². The summed E-state index contributed by atoms with van der Waals surface area (Å²) in [4.78, 5) is 11.7. The Balaban J connectivity index is 0.00000121. The molecule has 1 aromatic rings. The molecule has 1 aromatic carbocycles. The van der Waals surface area contributed by atoms with Crippen molar-refractivity contribution < 1.29 is 14.6 Å². The third-order valence-electron chi connectivity index (χ3n) is 1.86. The van der Waals surface area contributed by atoms with Gasteiger partial charge in [0.15, 0.2) is 0 Å². The van der Waals surface area contributed by atoms with E-state index in [1.54, 1.807) is 12.1 Å². The Kier molecular flexibility index (Phi) is 7.21. The predicted molar refractivity (Wildman–Crippen MR) is 72.1 cm³/mol. The van der Waals surface area contributed by atoms with Crippen LogP contribution >= 0.6 is 11.8 Å². The number of ether oxygens (including phenoxy) is 1. The number of thioether (sulfide) groups is 1. The molecule has 0 heterocycles. The quantitative estimate of drug-likeness (QED) is 0.640. The molecule has 0 bridgehead atoms. The molecule has 0 aliphatic heterocycles. The van der Waals surface area contributed by atoms with Crippen molar-refractivity contribution in [2.45, 2.75) is 25.7 Å². The molecule has 3 N–H and O–H groups in total. The van der Waals surface area contributed by atoms with Crippen molar-refractivity contribution in [2.24, 2.45) is 0 Å². The Labute approximate surface area is 106 Å². The smallest absolute Gasteiger partial charge is 0.339 e. The Morgan fingerprint density at radius 3 is 2.47 bits per heavy atom. The van der Waals surface area contributed by atoms with Gasteiger partial charge in [0.1, 0.15) is 11.3 Å². The normalized spacial score (nSPS) is 9.18. The van der Waals surface area contributed by atoms with Crippen LogP contribution in [0.25, 0.3) is 0 Å². The molecule has 4 nitrogen and oxygen atoms in total. The number of carbonyl (C=O) groups is 1. The van der Waals surface area contributed by atoms with Gasteiger partial charge in [-0.1, -0.05) is 20.8 Å². The maximum Gasteiger partial charge on any atom is 0.339 e. The van der Waals surface area contributed by atoms with Crippen LogP contribution in [0.15, 0.2) is 17.0 Å². The number of rotatable bonds is 4. The zero-order chi connectivity index (χ0) is 13.4. The first-order valence-electron chi connectivity index (χ1n) is 5.43. The fourth-order valence-corrected chi connectivity index (χ4v) is 1.93. The first kappa shape index (κ1) is 15.6. The number of hydrogen-bond acceptors (Lipinski definition) is 4. The van der Waals surface area contributed by atoms with Crippen LogP contribution in [0.3, 0.4) is 0 Å². The van der Waals surface area contributed by atoms with E-state index < -0.39 is 5.97 Å². The highest BCUT2D eigenvalue weighted by Gasteiger charge is 2.14. The van der Waals surface area contributed by atoms with Gasteiger partial charge in [-0.05, 0) is 11.8 Å². The lowest BCUT2D eigenvalue weighted by atomic mass is 10.2. The van der Waals surface area contributed by atoms with Gasteiger partial charge in [0, 0.05) is 16.6 Å². The third-order valence-corrected chi connectivity index (χ3v) is 2.82. The van der Waals surface area contributed by atoms with Gasteiger partial charge in [0.2, 0.25) is 0 Å². The van der Waals surface area contributed by atoms with Gasteiger partial charge in [-0.2, -0.15) is 0 Å². The maximum absolute atomic E-state index is 10.9. The maximum atomic E-state index is 10.9. The number of nitrogens with two attached hydrogens (primary N) is 1. The first-order chi connectivity index (χ1) is 8.10. The summed E-state index contributed by atoms with van der Waals surface area (Å²) in [7, 11) is 1.42. The molecule has 0 aliphatic carbocycles. The number of hydrogen-bond donors (Lipinski definition) is 2. The molecular weight excluding hydrogens is 238 g/mol. The number of nitrogen functional groups attached to an aromatic ring is 1. The third kappa shape index (κ3) is 4.19. The molecular formula is C12H19NO3S. The molecule has 0 spiro atoms. The number of benzene rings is 1. The number of methoxy groups -OCH3 is 1. The van der Waals surface area contributed by atoms with Crippen LogP contribution in [0.1, 0.15) is 31.1 Å². The Hall–Kier alpha value is -1.36. The summed E-state index contributed by atoms with van der Waals surface area (Å²) in [5.74, 6) is 0.125. The van der Waals surface area contributed by atoms with Crippen LogP contribution in [0.2, 0.25) is 0 Å². The summed E-state index contributed by atoms with van der Waals surface area (Å²) in [5, 5.41) is 8.95. The minimum Gasteiger partial charge on any atom is -0.496 e. The van der Waals surface area contributed by atoms with Gasteiger partial charge >= 0.3 is 5.97 Å². The van der Waals surface area contributed by atoms with Gasteiger partial charge in [-0.15, -0.1) is 11.8 Å². The molecule has 0 aromatic heterocycles. The molecule has 0 radical (unpaired) electrons. The largest absolute Gasteiger partial charge is 0.496 e. The van der Waals surface area contributed by atoms with Crippen LogP contribution in [0, 0.1) is 0 Å². The summed E-state index contributed by atoms with van der Waals surface area (Å²) in [5.41, 5.74) is 6.44. The van der Waals surface area contributed by atoms with Gasteiger partial charge in [0.25, 0.3) is 0 Å². The van der Waals surface area contributed by atoms with Gasteiger partial charge in [0.05, 0.1) is 7.11 Å². The van der Waals surface area contributed by atoms with Crippen LogP contribution in [-0.2, 0) is 0 Å². The SMILES string of the molecule is CC.CCSc1cc(C(=O)O)c(OC)cc1N. The molecule has 5 heteroatoms. The predicted octanol–water partition coefficient (Wildman–Crippen LogP) is 3.11. The molecule has 0 saturated carbocycles. The van der Waals surface area contributed by atoms with Gasteiger partial charge < -0.3 is 15.6 Å². The number of anilines is 1. The summed E-state index contributed by atoms with van der Waals surface area (Å²) in [6.45, 7) is 5.98. The molecule has 1 rings (SSSR count). The van der Waals surface area contributed by atoms with Gasteiger partial charge in [-0.3, -0.25) is 0 Å². The Bertz CT molecular complexity index is 380. The van der Waals surface area contributed by atoms with E-state index in [1.165, 1.54) is 18.9 Å². The fraction of sp³-hybridized carbons (Fsp3) is 0.417. The van der Waals surface area contributed by atoms with Crippen LogP contribution in [0.5, 0.6) is 5.75 Å². The van der Waals surface area contributed by atoms with Crippen LogP contribution < -0.4 is 10.5 Å². The molecule has 0 amide bonds. The lowest BCUT2D eigenvalue weighted by Gasteiger charge is -2.09. The average Bonchev–Trinajstić information content (AvgIpc) is 2.33. The van der Waals surface area contributed by atoms with Crippen molar-refractivity contribution >= 4 is 23.4 Å². The monoisotopic (exact) mass is 257 g/mol. The van der Waals surface area contributed by atoms with Crippen molar-refractivity contribution in [2.75, 3.05) is 18.6 Å². The van der Waals surface area contributed by atoms with Crippen molar-refractivity contribution in [1.29, 1.82) is 0 Å². The highest BCUT2D eigenvalue weighted by molar-refractivity contribution is 7.99.